The summed E-state index contributed by atoms with van der Waals surface area (Å²) in [6.45, 7) is 1.81. The van der Waals surface area contributed by atoms with Crippen molar-refractivity contribution in [1.82, 2.24) is 4.90 Å². The molecule has 1 amide bonds. The van der Waals surface area contributed by atoms with Crippen molar-refractivity contribution in [2.75, 3.05) is 6.61 Å². The first-order chi connectivity index (χ1) is 5.16. The molecule has 0 bridgehead atoms. The van der Waals surface area contributed by atoms with Gasteiger partial charge >= 0.3 is 6.09 Å². The van der Waals surface area contributed by atoms with Crippen molar-refractivity contribution in [2.24, 2.45) is 0 Å². The molecule has 1 rings (SSSR count). The highest BCUT2D eigenvalue weighted by Gasteiger charge is 2.33. The lowest BCUT2D eigenvalue weighted by Crippen LogP contribution is -2.40. The molecule has 64 valence electrons. The summed E-state index contributed by atoms with van der Waals surface area (Å²) < 4.78 is 0. The molecule has 2 unspecified atom stereocenters. The van der Waals surface area contributed by atoms with Crippen molar-refractivity contribution in [1.29, 1.82) is 0 Å². The zero-order valence-corrected chi connectivity index (χ0v) is 6.53. The lowest BCUT2D eigenvalue weighted by Gasteiger charge is -2.23. The third-order valence-electron chi connectivity index (χ3n) is 2.22. The van der Waals surface area contributed by atoms with Gasteiger partial charge in [-0.3, -0.25) is 0 Å². The summed E-state index contributed by atoms with van der Waals surface area (Å²) in [6, 6.07) is -0.118. The van der Waals surface area contributed by atoms with Crippen LogP contribution in [0, 0.1) is 0 Å². The van der Waals surface area contributed by atoms with E-state index in [-0.39, 0.29) is 18.7 Å². The minimum atomic E-state index is -0.922. The van der Waals surface area contributed by atoms with E-state index < -0.39 is 6.09 Å². The van der Waals surface area contributed by atoms with Crippen LogP contribution in [0.1, 0.15) is 19.8 Å². The number of rotatable bonds is 1. The molecule has 2 atom stereocenters. The average molecular weight is 159 g/mol. The minimum absolute atomic E-state index is 0.0589. The van der Waals surface area contributed by atoms with Crippen LogP contribution < -0.4 is 0 Å². The van der Waals surface area contributed by atoms with Crippen molar-refractivity contribution in [3.05, 3.63) is 0 Å². The Labute approximate surface area is 65.4 Å². The number of likely N-dealkylation sites (tertiary alicyclic amines) is 1. The van der Waals surface area contributed by atoms with E-state index >= 15 is 0 Å². The molecule has 1 aliphatic heterocycles. The molecule has 1 heterocycles. The fraction of sp³-hybridized carbons (Fsp3) is 0.857. The third kappa shape index (κ3) is 1.45. The molecular formula is C7H13NO3. The topological polar surface area (TPSA) is 60.8 Å². The van der Waals surface area contributed by atoms with Crippen molar-refractivity contribution in [3.63, 3.8) is 0 Å². The molecule has 0 aliphatic carbocycles. The van der Waals surface area contributed by atoms with Crippen LogP contribution in [0.15, 0.2) is 0 Å². The van der Waals surface area contributed by atoms with Crippen molar-refractivity contribution >= 4 is 6.09 Å². The Balaban J connectivity index is 2.63. The second-order valence-corrected chi connectivity index (χ2v) is 2.95. The van der Waals surface area contributed by atoms with Gasteiger partial charge in [0.25, 0.3) is 0 Å². The third-order valence-corrected chi connectivity index (χ3v) is 2.22. The number of hydrogen-bond donors (Lipinski definition) is 2. The molecular weight excluding hydrogens is 146 g/mol. The van der Waals surface area contributed by atoms with Crippen LogP contribution in [0.5, 0.6) is 0 Å². The Kier molecular flexibility index (Phi) is 2.34. The summed E-state index contributed by atoms with van der Waals surface area (Å²) in [6.07, 6.45) is 0.718. The standard InChI is InChI=1S/C7H13NO3/c1-5-2-3-6(4-9)8(5)7(10)11/h5-6,9H,2-4H2,1H3,(H,10,11). The summed E-state index contributed by atoms with van der Waals surface area (Å²) >= 11 is 0. The number of nitrogens with zero attached hydrogens (tertiary/aromatic N) is 1. The number of aliphatic hydroxyl groups excluding tert-OH is 1. The van der Waals surface area contributed by atoms with Crippen LogP contribution >= 0.6 is 0 Å². The van der Waals surface area contributed by atoms with Crippen LogP contribution in [-0.4, -0.2) is 39.9 Å². The maximum absolute atomic E-state index is 10.6. The molecule has 11 heavy (non-hydrogen) atoms. The maximum atomic E-state index is 10.6. The van der Waals surface area contributed by atoms with Gasteiger partial charge in [0.1, 0.15) is 0 Å². The van der Waals surface area contributed by atoms with Gasteiger partial charge in [0.15, 0.2) is 0 Å². The SMILES string of the molecule is CC1CCC(CO)N1C(=O)O. The highest BCUT2D eigenvalue weighted by molar-refractivity contribution is 5.66. The Morgan fingerprint density at radius 2 is 2.27 bits per heavy atom. The summed E-state index contributed by atoms with van der Waals surface area (Å²) in [5.41, 5.74) is 0. The van der Waals surface area contributed by atoms with Crippen LogP contribution in [0.4, 0.5) is 4.79 Å². The molecule has 0 saturated carbocycles. The van der Waals surface area contributed by atoms with E-state index in [1.165, 1.54) is 4.90 Å². The molecule has 1 saturated heterocycles. The zero-order valence-electron chi connectivity index (χ0n) is 6.53. The smallest absolute Gasteiger partial charge is 0.407 e. The molecule has 4 nitrogen and oxygen atoms in total. The fourth-order valence-electron chi connectivity index (χ4n) is 1.60. The van der Waals surface area contributed by atoms with E-state index in [9.17, 15) is 4.79 Å². The number of carboxylic acid groups (broad SMARTS) is 1. The Morgan fingerprint density at radius 1 is 1.64 bits per heavy atom. The van der Waals surface area contributed by atoms with Crippen molar-refractivity contribution in [3.8, 4) is 0 Å². The minimum Gasteiger partial charge on any atom is -0.465 e. The molecule has 0 spiro atoms. The molecule has 0 aromatic heterocycles. The highest BCUT2D eigenvalue weighted by Crippen LogP contribution is 2.23. The number of amides is 1. The van der Waals surface area contributed by atoms with Gasteiger partial charge < -0.3 is 15.1 Å². The van der Waals surface area contributed by atoms with Gasteiger partial charge in [0.05, 0.1) is 12.6 Å². The predicted molar refractivity (Wildman–Crippen MR) is 39.4 cm³/mol. The predicted octanol–water partition coefficient (Wildman–Crippen LogP) is 0.510. The number of hydrogen-bond acceptors (Lipinski definition) is 2. The van der Waals surface area contributed by atoms with Crippen LogP contribution in [0.2, 0.25) is 0 Å². The molecule has 0 aromatic rings. The largest absolute Gasteiger partial charge is 0.465 e. The molecule has 1 aliphatic rings. The van der Waals surface area contributed by atoms with Gasteiger partial charge in [-0.1, -0.05) is 0 Å². The van der Waals surface area contributed by atoms with Gasteiger partial charge in [-0.25, -0.2) is 4.79 Å². The molecule has 4 heteroatoms. The lowest BCUT2D eigenvalue weighted by atomic mass is 10.2. The van der Waals surface area contributed by atoms with E-state index in [2.05, 4.69) is 0 Å². The summed E-state index contributed by atoms with van der Waals surface area (Å²) in [4.78, 5) is 11.9. The van der Waals surface area contributed by atoms with E-state index in [4.69, 9.17) is 10.2 Å². The fourth-order valence-corrected chi connectivity index (χ4v) is 1.60. The Morgan fingerprint density at radius 3 is 2.64 bits per heavy atom. The van der Waals surface area contributed by atoms with Gasteiger partial charge in [-0.2, -0.15) is 0 Å². The van der Waals surface area contributed by atoms with Gasteiger partial charge in [0.2, 0.25) is 0 Å². The van der Waals surface area contributed by atoms with Gasteiger partial charge in [-0.15, -0.1) is 0 Å². The number of aliphatic hydroxyl groups is 1. The quantitative estimate of drug-likeness (QED) is 0.586. The van der Waals surface area contributed by atoms with Crippen LogP contribution in [-0.2, 0) is 0 Å². The van der Waals surface area contributed by atoms with Gasteiger partial charge in [-0.05, 0) is 19.8 Å². The summed E-state index contributed by atoms with van der Waals surface area (Å²) in [5, 5.41) is 17.5. The maximum Gasteiger partial charge on any atom is 0.407 e. The second kappa shape index (κ2) is 3.09. The van der Waals surface area contributed by atoms with Crippen LogP contribution in [0.3, 0.4) is 0 Å². The summed E-state index contributed by atoms with van der Waals surface area (Å²) in [5.74, 6) is 0. The van der Waals surface area contributed by atoms with E-state index in [1.807, 2.05) is 6.92 Å². The average Bonchev–Trinajstić information content (AvgIpc) is 2.30. The van der Waals surface area contributed by atoms with Crippen molar-refractivity contribution < 1.29 is 15.0 Å². The second-order valence-electron chi connectivity index (χ2n) is 2.95. The van der Waals surface area contributed by atoms with E-state index in [0.29, 0.717) is 0 Å². The number of carbonyl (C=O) groups is 1. The Hall–Kier alpha value is -0.770. The highest BCUT2D eigenvalue weighted by atomic mass is 16.4. The zero-order chi connectivity index (χ0) is 8.43. The van der Waals surface area contributed by atoms with Crippen molar-refractivity contribution in [2.45, 2.75) is 31.8 Å². The molecule has 2 N–H and O–H groups in total. The summed E-state index contributed by atoms with van der Waals surface area (Å²) in [7, 11) is 0. The normalized spacial score (nSPS) is 30.9. The molecule has 0 aromatic carbocycles. The monoisotopic (exact) mass is 159 g/mol. The molecule has 1 fully saturated rings. The first-order valence-electron chi connectivity index (χ1n) is 3.79. The first-order valence-corrected chi connectivity index (χ1v) is 3.79. The van der Waals surface area contributed by atoms with E-state index in [0.717, 1.165) is 12.8 Å². The van der Waals surface area contributed by atoms with Gasteiger partial charge in [0, 0.05) is 6.04 Å². The van der Waals surface area contributed by atoms with E-state index in [1.54, 1.807) is 0 Å². The molecule has 0 radical (unpaired) electrons. The van der Waals surface area contributed by atoms with Crippen LogP contribution in [0.25, 0.3) is 0 Å². The lowest BCUT2D eigenvalue weighted by molar-refractivity contribution is 0.103. The Bertz CT molecular complexity index is 160. The first kappa shape index (κ1) is 8.33.